The summed E-state index contributed by atoms with van der Waals surface area (Å²) in [5, 5.41) is 0.537. The Bertz CT molecular complexity index is 530. The summed E-state index contributed by atoms with van der Waals surface area (Å²) in [4.78, 5) is 13.2. The predicted molar refractivity (Wildman–Crippen MR) is 70.7 cm³/mol. The average molecular weight is 262 g/mol. The molecule has 2 aromatic rings. The smallest absolute Gasteiger partial charge is 0.322 e. The fourth-order valence-corrected chi connectivity index (χ4v) is 2.05. The zero-order valence-corrected chi connectivity index (χ0v) is 11.1. The molecule has 2 N–H and O–H groups in total. The molecule has 0 unspecified atom stereocenters. The Kier molecular flexibility index (Phi) is 3.99. The Morgan fingerprint density at radius 3 is 2.56 bits per heavy atom. The van der Waals surface area contributed by atoms with Gasteiger partial charge >= 0.3 is 6.01 Å². The van der Waals surface area contributed by atoms with Gasteiger partial charge in [0.1, 0.15) is 0 Å². The van der Waals surface area contributed by atoms with Crippen LogP contribution in [0.1, 0.15) is 12.5 Å². The molecule has 0 aliphatic carbocycles. The van der Waals surface area contributed by atoms with Crippen LogP contribution in [0.5, 0.6) is 6.01 Å². The molecule has 0 radical (unpaired) electrons. The van der Waals surface area contributed by atoms with Crippen molar-refractivity contribution in [2.75, 3.05) is 12.3 Å². The molecule has 1 heterocycles. The summed E-state index contributed by atoms with van der Waals surface area (Å²) in [5.41, 5.74) is 6.82. The largest absolute Gasteiger partial charge is 0.464 e. The second-order valence-electron chi connectivity index (χ2n) is 3.61. The van der Waals surface area contributed by atoms with Crippen molar-refractivity contribution in [3.63, 3.8) is 0 Å². The molecule has 0 amide bonds. The van der Waals surface area contributed by atoms with Crippen LogP contribution in [-0.2, 0) is 0 Å². The number of anilines is 1. The van der Waals surface area contributed by atoms with Crippen LogP contribution in [0.25, 0.3) is 0 Å². The monoisotopic (exact) mass is 262 g/mol. The van der Waals surface area contributed by atoms with Gasteiger partial charge in [-0.15, -0.1) is 0 Å². The van der Waals surface area contributed by atoms with E-state index in [1.807, 2.05) is 38.1 Å². The molecule has 0 aliphatic heterocycles. The average Bonchev–Trinajstić information content (AvgIpc) is 2.32. The van der Waals surface area contributed by atoms with E-state index in [2.05, 4.69) is 15.0 Å². The van der Waals surface area contributed by atoms with E-state index in [1.54, 1.807) is 0 Å². The third kappa shape index (κ3) is 3.33. The summed E-state index contributed by atoms with van der Waals surface area (Å²) >= 11 is 1.43. The van der Waals surface area contributed by atoms with E-state index in [0.29, 0.717) is 11.8 Å². The Labute approximate surface area is 110 Å². The van der Waals surface area contributed by atoms with Crippen molar-refractivity contribution in [1.82, 2.24) is 15.0 Å². The van der Waals surface area contributed by atoms with E-state index in [-0.39, 0.29) is 12.0 Å². The van der Waals surface area contributed by atoms with Crippen LogP contribution in [-0.4, -0.2) is 21.6 Å². The molecule has 2 rings (SSSR count). The van der Waals surface area contributed by atoms with Crippen LogP contribution in [0.15, 0.2) is 34.3 Å². The number of aryl methyl sites for hydroxylation is 1. The molecule has 1 aromatic heterocycles. The lowest BCUT2D eigenvalue weighted by atomic mass is 10.2. The van der Waals surface area contributed by atoms with Crippen LogP contribution < -0.4 is 10.5 Å². The van der Waals surface area contributed by atoms with Crippen LogP contribution in [0.4, 0.5) is 5.95 Å². The topological polar surface area (TPSA) is 73.9 Å². The second kappa shape index (κ2) is 5.68. The number of hydrogen-bond acceptors (Lipinski definition) is 6. The molecule has 0 saturated carbocycles. The van der Waals surface area contributed by atoms with Gasteiger partial charge in [0.2, 0.25) is 11.1 Å². The van der Waals surface area contributed by atoms with Crippen molar-refractivity contribution in [2.24, 2.45) is 0 Å². The second-order valence-corrected chi connectivity index (χ2v) is 4.65. The van der Waals surface area contributed by atoms with Gasteiger partial charge in [-0.2, -0.15) is 15.0 Å². The lowest BCUT2D eigenvalue weighted by Gasteiger charge is -2.04. The molecule has 0 aliphatic rings. The first kappa shape index (κ1) is 12.6. The summed E-state index contributed by atoms with van der Waals surface area (Å²) in [6, 6.07) is 8.37. The molecule has 0 bridgehead atoms. The summed E-state index contributed by atoms with van der Waals surface area (Å²) in [5.74, 6) is 0.170. The number of nitrogens with two attached hydrogens (primary N) is 1. The first-order valence-corrected chi connectivity index (χ1v) is 6.38. The maximum Gasteiger partial charge on any atom is 0.322 e. The number of rotatable bonds is 4. The minimum absolute atomic E-state index is 0.170. The van der Waals surface area contributed by atoms with Gasteiger partial charge in [0, 0.05) is 4.90 Å². The molecule has 1 aromatic carbocycles. The van der Waals surface area contributed by atoms with Gasteiger partial charge in [0.25, 0.3) is 0 Å². The maximum atomic E-state index is 5.61. The first-order valence-electron chi connectivity index (χ1n) is 5.56. The molecule has 0 atom stereocenters. The van der Waals surface area contributed by atoms with E-state index in [1.165, 1.54) is 17.3 Å². The fraction of sp³-hybridized carbons (Fsp3) is 0.250. The van der Waals surface area contributed by atoms with Gasteiger partial charge in [0.05, 0.1) is 6.61 Å². The zero-order chi connectivity index (χ0) is 13.0. The van der Waals surface area contributed by atoms with Crippen molar-refractivity contribution in [1.29, 1.82) is 0 Å². The summed E-state index contributed by atoms with van der Waals surface area (Å²) < 4.78 is 5.23. The molecular formula is C12H14N4OS. The molecule has 6 heteroatoms. The number of benzene rings is 1. The van der Waals surface area contributed by atoms with E-state index in [4.69, 9.17) is 10.5 Å². The predicted octanol–water partition coefficient (Wildman–Crippen LogP) is 2.31. The number of ether oxygens (including phenoxy) is 1. The third-order valence-electron chi connectivity index (χ3n) is 2.12. The molecule has 0 fully saturated rings. The van der Waals surface area contributed by atoms with Gasteiger partial charge in [-0.3, -0.25) is 0 Å². The standard InChI is InChI=1S/C12H14N4OS/c1-3-17-11-14-10(13)15-12(16-11)18-9-6-4-8(2)5-7-9/h4-7H,3H2,1-2H3,(H2,13,14,15,16). The number of nitrogen functional groups attached to an aromatic ring is 1. The Hall–Kier alpha value is -1.82. The minimum atomic E-state index is 0.170. The highest BCUT2D eigenvalue weighted by Gasteiger charge is 2.06. The fourth-order valence-electron chi connectivity index (χ4n) is 1.30. The normalized spacial score (nSPS) is 10.3. The lowest BCUT2D eigenvalue weighted by molar-refractivity contribution is 0.308. The van der Waals surface area contributed by atoms with Gasteiger partial charge in [-0.1, -0.05) is 17.7 Å². The maximum absolute atomic E-state index is 5.61. The molecule has 0 saturated heterocycles. The molecule has 0 spiro atoms. The van der Waals surface area contributed by atoms with E-state index in [9.17, 15) is 0 Å². The molecular weight excluding hydrogens is 248 g/mol. The van der Waals surface area contributed by atoms with Gasteiger partial charge in [-0.05, 0) is 37.7 Å². The van der Waals surface area contributed by atoms with E-state index >= 15 is 0 Å². The number of nitrogens with zero attached hydrogens (tertiary/aromatic N) is 3. The molecule has 5 nitrogen and oxygen atoms in total. The molecule has 94 valence electrons. The van der Waals surface area contributed by atoms with Crippen molar-refractivity contribution in [2.45, 2.75) is 23.9 Å². The van der Waals surface area contributed by atoms with Crippen molar-refractivity contribution < 1.29 is 4.74 Å². The minimum Gasteiger partial charge on any atom is -0.464 e. The third-order valence-corrected chi connectivity index (χ3v) is 2.99. The highest BCUT2D eigenvalue weighted by atomic mass is 32.2. The van der Waals surface area contributed by atoms with Crippen molar-refractivity contribution >= 4 is 17.7 Å². The van der Waals surface area contributed by atoms with Crippen LogP contribution in [0.2, 0.25) is 0 Å². The molecule has 18 heavy (non-hydrogen) atoms. The highest BCUT2D eigenvalue weighted by molar-refractivity contribution is 7.99. The summed E-state index contributed by atoms with van der Waals surface area (Å²) in [7, 11) is 0. The van der Waals surface area contributed by atoms with E-state index < -0.39 is 0 Å². The van der Waals surface area contributed by atoms with Gasteiger partial charge in [0.15, 0.2) is 0 Å². The van der Waals surface area contributed by atoms with Gasteiger partial charge < -0.3 is 10.5 Å². The van der Waals surface area contributed by atoms with Gasteiger partial charge in [-0.25, -0.2) is 0 Å². The van der Waals surface area contributed by atoms with Crippen LogP contribution in [0.3, 0.4) is 0 Å². The Morgan fingerprint density at radius 2 is 1.89 bits per heavy atom. The Morgan fingerprint density at radius 1 is 1.17 bits per heavy atom. The quantitative estimate of drug-likeness (QED) is 0.911. The van der Waals surface area contributed by atoms with E-state index in [0.717, 1.165) is 4.90 Å². The SMILES string of the molecule is CCOc1nc(N)nc(Sc2ccc(C)cc2)n1. The lowest BCUT2D eigenvalue weighted by Crippen LogP contribution is -2.04. The summed E-state index contributed by atoms with van der Waals surface area (Å²) in [6.45, 7) is 4.41. The van der Waals surface area contributed by atoms with Crippen LogP contribution >= 0.6 is 11.8 Å². The number of aromatic nitrogens is 3. The van der Waals surface area contributed by atoms with Crippen LogP contribution in [0, 0.1) is 6.92 Å². The van der Waals surface area contributed by atoms with Crippen molar-refractivity contribution in [3.8, 4) is 6.01 Å². The highest BCUT2D eigenvalue weighted by Crippen LogP contribution is 2.26. The van der Waals surface area contributed by atoms with Crippen molar-refractivity contribution in [3.05, 3.63) is 29.8 Å². The zero-order valence-electron chi connectivity index (χ0n) is 10.3. The number of hydrogen-bond donors (Lipinski definition) is 1. The first-order chi connectivity index (χ1) is 8.67. The summed E-state index contributed by atoms with van der Waals surface area (Å²) in [6.07, 6.45) is 0. The Balaban J connectivity index is 2.20.